The number of carbonyl (C=O) groups excluding carboxylic acids is 1. The Morgan fingerprint density at radius 3 is 2.61 bits per heavy atom. The Hall–Kier alpha value is -2.35. The van der Waals surface area contributed by atoms with Gasteiger partial charge in [0.05, 0.1) is 23.1 Å². The molecular weight excluding hydrogens is 321 g/mol. The lowest BCUT2D eigenvalue weighted by Crippen LogP contribution is -2.39. The van der Waals surface area contributed by atoms with E-state index in [0.717, 1.165) is 6.20 Å². The molecule has 1 aliphatic rings. The predicted octanol–water partition coefficient (Wildman–Crippen LogP) is 1.29. The molecule has 1 fully saturated rings. The first kappa shape index (κ1) is 15.5. The highest BCUT2D eigenvalue weighted by atomic mass is 32.2. The average molecular weight is 335 g/mol. The van der Waals surface area contributed by atoms with Crippen molar-refractivity contribution < 1.29 is 17.6 Å². The van der Waals surface area contributed by atoms with Gasteiger partial charge in [0.25, 0.3) is 0 Å². The third-order valence-corrected chi connectivity index (χ3v) is 4.94. The molecule has 8 heteroatoms. The molecule has 1 N–H and O–H groups in total. The normalized spacial score (nSPS) is 15.9. The maximum Gasteiger partial charge on any atom is 0.245 e. The Bertz CT molecular complexity index is 819. The van der Waals surface area contributed by atoms with Gasteiger partial charge in [-0.1, -0.05) is 6.07 Å². The van der Waals surface area contributed by atoms with Crippen molar-refractivity contribution >= 4 is 15.9 Å². The van der Waals surface area contributed by atoms with E-state index in [-0.39, 0.29) is 5.75 Å². The van der Waals surface area contributed by atoms with Crippen LogP contribution >= 0.6 is 0 Å². The fourth-order valence-electron chi connectivity index (χ4n) is 2.36. The first-order valence-corrected chi connectivity index (χ1v) is 8.62. The second kappa shape index (κ2) is 5.69. The number of nitrogens with one attached hydrogen (secondary N) is 1. The number of hydrogen-bond acceptors (Lipinski definition) is 5. The average Bonchev–Trinajstić information content (AvgIpc) is 3.30. The van der Waals surface area contributed by atoms with Crippen LogP contribution in [0, 0.1) is 5.82 Å². The van der Waals surface area contributed by atoms with Gasteiger partial charge in [0.1, 0.15) is 5.82 Å². The molecular formula is C15H14FN3O3S. The molecule has 0 unspecified atom stereocenters. The number of pyridine rings is 2. The SMILES string of the molecule is O=C(NS(=O)(=O)Cc1cccnc1)C1(c2ccc(F)cn2)CC1. The third-order valence-electron chi connectivity index (χ3n) is 3.73. The molecule has 0 radical (unpaired) electrons. The van der Waals surface area contributed by atoms with Crippen LogP contribution in [0.3, 0.4) is 0 Å². The monoisotopic (exact) mass is 335 g/mol. The minimum Gasteiger partial charge on any atom is -0.273 e. The summed E-state index contributed by atoms with van der Waals surface area (Å²) in [6, 6.07) is 5.86. The maximum absolute atomic E-state index is 12.9. The van der Waals surface area contributed by atoms with E-state index < -0.39 is 27.2 Å². The zero-order chi connectivity index (χ0) is 16.5. The summed E-state index contributed by atoms with van der Waals surface area (Å²) in [7, 11) is -3.83. The van der Waals surface area contributed by atoms with Gasteiger partial charge in [0, 0.05) is 12.4 Å². The Kier molecular flexibility index (Phi) is 3.85. The number of hydrogen-bond donors (Lipinski definition) is 1. The highest BCUT2D eigenvalue weighted by Gasteiger charge is 2.53. The molecule has 0 atom stereocenters. The van der Waals surface area contributed by atoms with Crippen LogP contribution in [0.4, 0.5) is 4.39 Å². The standard InChI is InChI=1S/C15H14FN3O3S/c16-12-3-4-13(18-9-12)15(5-6-15)14(20)19-23(21,22)10-11-2-1-7-17-8-11/h1-4,7-9H,5-6,10H2,(H,19,20). The van der Waals surface area contributed by atoms with Crippen LogP contribution < -0.4 is 4.72 Å². The molecule has 0 spiro atoms. The number of nitrogens with zero attached hydrogens (tertiary/aromatic N) is 2. The summed E-state index contributed by atoms with van der Waals surface area (Å²) in [5.74, 6) is -1.46. The first-order chi connectivity index (χ1) is 10.9. The maximum atomic E-state index is 12.9. The Balaban J connectivity index is 1.75. The molecule has 3 rings (SSSR count). The number of carbonyl (C=O) groups is 1. The summed E-state index contributed by atoms with van der Waals surface area (Å²) < 4.78 is 39.3. The van der Waals surface area contributed by atoms with Crippen molar-refractivity contribution in [3.05, 3.63) is 59.9 Å². The minimum atomic E-state index is -3.83. The quantitative estimate of drug-likeness (QED) is 0.889. The Morgan fingerprint density at radius 1 is 1.26 bits per heavy atom. The van der Waals surface area contributed by atoms with Crippen LogP contribution in [0.25, 0.3) is 0 Å². The van der Waals surface area contributed by atoms with Gasteiger partial charge in [-0.05, 0) is 36.6 Å². The van der Waals surface area contributed by atoms with Gasteiger partial charge >= 0.3 is 0 Å². The summed E-state index contributed by atoms with van der Waals surface area (Å²) in [5.41, 5.74) is -0.110. The van der Waals surface area contributed by atoms with Crippen LogP contribution in [0.2, 0.25) is 0 Å². The van der Waals surface area contributed by atoms with E-state index in [1.54, 1.807) is 12.1 Å². The van der Waals surface area contributed by atoms with Crippen LogP contribution in [0.15, 0.2) is 42.9 Å². The first-order valence-electron chi connectivity index (χ1n) is 6.97. The van der Waals surface area contributed by atoms with Gasteiger partial charge in [-0.2, -0.15) is 0 Å². The Morgan fingerprint density at radius 2 is 2.04 bits per heavy atom. The molecule has 120 valence electrons. The van der Waals surface area contributed by atoms with Gasteiger partial charge in [-0.15, -0.1) is 0 Å². The van der Waals surface area contributed by atoms with Gasteiger partial charge in [-0.25, -0.2) is 12.8 Å². The molecule has 1 amide bonds. The van der Waals surface area contributed by atoms with Crippen molar-refractivity contribution in [3.63, 3.8) is 0 Å². The van der Waals surface area contributed by atoms with E-state index in [1.807, 2.05) is 0 Å². The van der Waals surface area contributed by atoms with Crippen molar-refractivity contribution in [2.45, 2.75) is 24.0 Å². The van der Waals surface area contributed by atoms with Crippen molar-refractivity contribution in [3.8, 4) is 0 Å². The minimum absolute atomic E-state index is 0.334. The molecule has 0 aromatic carbocycles. The summed E-state index contributed by atoms with van der Waals surface area (Å²) in [5, 5.41) is 0. The van der Waals surface area contributed by atoms with Crippen LogP contribution in [0.5, 0.6) is 0 Å². The largest absolute Gasteiger partial charge is 0.273 e. The topological polar surface area (TPSA) is 89.0 Å². The molecule has 1 aliphatic carbocycles. The number of aromatic nitrogens is 2. The molecule has 23 heavy (non-hydrogen) atoms. The van der Waals surface area contributed by atoms with E-state index >= 15 is 0 Å². The highest BCUT2D eigenvalue weighted by molar-refractivity contribution is 7.89. The lowest BCUT2D eigenvalue weighted by atomic mass is 10.0. The van der Waals surface area contributed by atoms with Gasteiger partial charge < -0.3 is 0 Å². The lowest BCUT2D eigenvalue weighted by molar-refractivity contribution is -0.121. The van der Waals surface area contributed by atoms with Crippen molar-refractivity contribution in [2.75, 3.05) is 0 Å². The van der Waals surface area contributed by atoms with Crippen LogP contribution in [-0.2, 0) is 26.0 Å². The second-order valence-corrected chi connectivity index (χ2v) is 7.22. The highest BCUT2D eigenvalue weighted by Crippen LogP contribution is 2.47. The van der Waals surface area contributed by atoms with Gasteiger partial charge in [0.15, 0.2) is 0 Å². The molecule has 6 nitrogen and oxygen atoms in total. The molecule has 2 aromatic rings. The van der Waals surface area contributed by atoms with Crippen LogP contribution in [0.1, 0.15) is 24.1 Å². The number of amides is 1. The molecule has 2 heterocycles. The van der Waals surface area contributed by atoms with E-state index in [9.17, 15) is 17.6 Å². The van der Waals surface area contributed by atoms with Gasteiger partial charge in [0.2, 0.25) is 15.9 Å². The molecule has 1 saturated carbocycles. The molecule has 0 saturated heterocycles. The fourth-order valence-corrected chi connectivity index (χ4v) is 3.52. The second-order valence-electron chi connectivity index (χ2n) is 5.50. The lowest BCUT2D eigenvalue weighted by Gasteiger charge is -2.15. The number of sulfonamides is 1. The van der Waals surface area contributed by atoms with E-state index in [4.69, 9.17) is 0 Å². The molecule has 2 aromatic heterocycles. The summed E-state index contributed by atoms with van der Waals surface area (Å²) in [6.07, 6.45) is 4.96. The zero-order valence-corrected chi connectivity index (χ0v) is 12.9. The third kappa shape index (κ3) is 3.37. The Labute approximate surface area is 132 Å². The fraction of sp³-hybridized carbons (Fsp3) is 0.267. The number of rotatable bonds is 5. The van der Waals surface area contributed by atoms with E-state index in [1.165, 1.54) is 24.5 Å². The summed E-state index contributed by atoms with van der Waals surface area (Å²) in [6.45, 7) is 0. The van der Waals surface area contributed by atoms with E-state index in [0.29, 0.717) is 24.1 Å². The predicted molar refractivity (Wildman–Crippen MR) is 80.1 cm³/mol. The van der Waals surface area contributed by atoms with Crippen molar-refractivity contribution in [1.29, 1.82) is 0 Å². The summed E-state index contributed by atoms with van der Waals surface area (Å²) in [4.78, 5) is 20.1. The zero-order valence-electron chi connectivity index (χ0n) is 12.1. The van der Waals surface area contributed by atoms with Crippen LogP contribution in [-0.4, -0.2) is 24.3 Å². The van der Waals surface area contributed by atoms with Crippen molar-refractivity contribution in [2.24, 2.45) is 0 Å². The molecule has 0 aliphatic heterocycles. The molecule has 0 bridgehead atoms. The van der Waals surface area contributed by atoms with Gasteiger partial charge in [-0.3, -0.25) is 19.5 Å². The smallest absolute Gasteiger partial charge is 0.245 e. The van der Waals surface area contributed by atoms with E-state index in [2.05, 4.69) is 14.7 Å². The summed E-state index contributed by atoms with van der Waals surface area (Å²) >= 11 is 0. The van der Waals surface area contributed by atoms with Crippen molar-refractivity contribution in [1.82, 2.24) is 14.7 Å². The number of halogens is 1.